The SMILES string of the molecule is COc1ccc(F)cc1S(=O)(=O)N1CCC[C@@H](C(=O)Nc2ccc(F)cc2)C1. The fourth-order valence-corrected chi connectivity index (χ4v) is 4.83. The van der Waals surface area contributed by atoms with Crippen molar-refractivity contribution >= 4 is 21.6 Å². The summed E-state index contributed by atoms with van der Waals surface area (Å²) in [5, 5.41) is 2.67. The Hall–Kier alpha value is -2.52. The molecule has 1 heterocycles. The first-order valence-electron chi connectivity index (χ1n) is 8.71. The third-order valence-electron chi connectivity index (χ3n) is 4.61. The first-order chi connectivity index (χ1) is 13.3. The molecule has 1 aliphatic heterocycles. The van der Waals surface area contributed by atoms with Crippen LogP contribution < -0.4 is 10.1 Å². The predicted molar refractivity (Wildman–Crippen MR) is 99.5 cm³/mol. The van der Waals surface area contributed by atoms with Gasteiger partial charge in [0.15, 0.2) is 0 Å². The predicted octanol–water partition coefficient (Wildman–Crippen LogP) is 3.01. The van der Waals surface area contributed by atoms with Crippen molar-refractivity contribution < 1.29 is 26.7 Å². The highest BCUT2D eigenvalue weighted by Gasteiger charge is 2.35. The second-order valence-corrected chi connectivity index (χ2v) is 8.40. The van der Waals surface area contributed by atoms with E-state index in [4.69, 9.17) is 4.74 Å². The highest BCUT2D eigenvalue weighted by atomic mass is 32.2. The summed E-state index contributed by atoms with van der Waals surface area (Å²) in [5.41, 5.74) is 0.429. The molecule has 1 saturated heterocycles. The Morgan fingerprint density at radius 2 is 1.82 bits per heavy atom. The largest absolute Gasteiger partial charge is 0.495 e. The van der Waals surface area contributed by atoms with Crippen LogP contribution in [0.1, 0.15) is 12.8 Å². The molecule has 0 unspecified atom stereocenters. The molecule has 0 radical (unpaired) electrons. The number of benzene rings is 2. The number of anilines is 1. The summed E-state index contributed by atoms with van der Waals surface area (Å²) in [6.07, 6.45) is 0.998. The maximum atomic E-state index is 13.6. The number of rotatable bonds is 5. The molecule has 1 atom stereocenters. The zero-order chi connectivity index (χ0) is 20.3. The summed E-state index contributed by atoms with van der Waals surface area (Å²) >= 11 is 0. The average molecular weight is 410 g/mol. The van der Waals surface area contributed by atoms with E-state index in [9.17, 15) is 22.0 Å². The van der Waals surface area contributed by atoms with Crippen molar-refractivity contribution in [1.29, 1.82) is 0 Å². The summed E-state index contributed by atoms with van der Waals surface area (Å²) < 4.78 is 58.8. The molecule has 150 valence electrons. The number of piperidine rings is 1. The minimum atomic E-state index is -4.03. The van der Waals surface area contributed by atoms with Crippen LogP contribution >= 0.6 is 0 Å². The molecule has 0 aliphatic carbocycles. The molecule has 1 fully saturated rings. The van der Waals surface area contributed by atoms with Crippen molar-refractivity contribution in [3.05, 3.63) is 54.1 Å². The number of amides is 1. The normalized spacial score (nSPS) is 17.9. The van der Waals surface area contributed by atoms with Crippen molar-refractivity contribution in [2.24, 2.45) is 5.92 Å². The Morgan fingerprint density at radius 1 is 1.14 bits per heavy atom. The number of nitrogens with one attached hydrogen (secondary N) is 1. The molecule has 0 aromatic heterocycles. The number of hydrogen-bond donors (Lipinski definition) is 1. The third kappa shape index (κ3) is 4.31. The van der Waals surface area contributed by atoms with Crippen LogP contribution in [0, 0.1) is 17.6 Å². The Morgan fingerprint density at radius 3 is 2.50 bits per heavy atom. The number of carbonyl (C=O) groups is 1. The molecule has 1 amide bonds. The highest BCUT2D eigenvalue weighted by molar-refractivity contribution is 7.89. The van der Waals surface area contributed by atoms with Crippen LogP contribution in [0.5, 0.6) is 5.75 Å². The smallest absolute Gasteiger partial charge is 0.246 e. The van der Waals surface area contributed by atoms with Crippen LogP contribution in [-0.4, -0.2) is 38.8 Å². The van der Waals surface area contributed by atoms with Gasteiger partial charge in [-0.2, -0.15) is 4.31 Å². The number of halogens is 2. The first-order valence-corrected chi connectivity index (χ1v) is 10.2. The minimum Gasteiger partial charge on any atom is -0.495 e. The molecule has 0 saturated carbocycles. The lowest BCUT2D eigenvalue weighted by Crippen LogP contribution is -2.43. The number of methoxy groups -OCH3 is 1. The summed E-state index contributed by atoms with van der Waals surface area (Å²) in [7, 11) is -2.73. The van der Waals surface area contributed by atoms with E-state index in [-0.39, 0.29) is 29.6 Å². The zero-order valence-electron chi connectivity index (χ0n) is 15.2. The van der Waals surface area contributed by atoms with E-state index in [0.29, 0.717) is 18.5 Å². The van der Waals surface area contributed by atoms with Crippen LogP contribution in [-0.2, 0) is 14.8 Å². The molecule has 2 aromatic carbocycles. The van der Waals surface area contributed by atoms with Crippen LogP contribution in [0.4, 0.5) is 14.5 Å². The molecule has 1 aliphatic rings. The van der Waals surface area contributed by atoms with Gasteiger partial charge in [0, 0.05) is 18.8 Å². The summed E-state index contributed by atoms with van der Waals surface area (Å²) in [5.74, 6) is -2.00. The lowest BCUT2D eigenvalue weighted by atomic mass is 9.99. The van der Waals surface area contributed by atoms with E-state index in [0.717, 1.165) is 12.1 Å². The molecule has 2 aromatic rings. The maximum Gasteiger partial charge on any atom is 0.246 e. The van der Waals surface area contributed by atoms with E-state index < -0.39 is 27.6 Å². The number of ether oxygens (including phenoxy) is 1. The van der Waals surface area contributed by atoms with E-state index in [1.807, 2.05) is 0 Å². The second kappa shape index (κ2) is 8.24. The summed E-state index contributed by atoms with van der Waals surface area (Å²) in [6, 6.07) is 8.60. The number of hydrogen-bond acceptors (Lipinski definition) is 4. The Labute approximate surface area is 162 Å². The lowest BCUT2D eigenvalue weighted by molar-refractivity contribution is -0.120. The zero-order valence-corrected chi connectivity index (χ0v) is 16.0. The molecule has 6 nitrogen and oxygen atoms in total. The van der Waals surface area contributed by atoms with Crippen molar-refractivity contribution in [2.45, 2.75) is 17.7 Å². The van der Waals surface area contributed by atoms with E-state index >= 15 is 0 Å². The van der Waals surface area contributed by atoms with Crippen LogP contribution in [0.25, 0.3) is 0 Å². The topological polar surface area (TPSA) is 75.7 Å². The molecular weight excluding hydrogens is 390 g/mol. The van der Waals surface area contributed by atoms with E-state index in [1.165, 1.54) is 41.7 Å². The Balaban J connectivity index is 1.78. The van der Waals surface area contributed by atoms with E-state index in [2.05, 4.69) is 5.32 Å². The molecule has 0 bridgehead atoms. The molecule has 28 heavy (non-hydrogen) atoms. The van der Waals surface area contributed by atoms with Crippen LogP contribution in [0.2, 0.25) is 0 Å². The third-order valence-corrected chi connectivity index (χ3v) is 6.50. The number of sulfonamides is 1. The Bertz CT molecular complexity index is 964. The standard InChI is InChI=1S/C19H20F2N2O4S/c1-27-17-9-6-15(21)11-18(17)28(25,26)23-10-2-3-13(12-23)19(24)22-16-7-4-14(20)5-8-16/h4-9,11,13H,2-3,10,12H2,1H3,(H,22,24)/t13-/m1/s1. The summed E-state index contributed by atoms with van der Waals surface area (Å²) in [6.45, 7) is 0.192. The van der Waals surface area contributed by atoms with Gasteiger partial charge in [-0.25, -0.2) is 17.2 Å². The Kier molecular flexibility index (Phi) is 5.95. The van der Waals surface area contributed by atoms with Gasteiger partial charge < -0.3 is 10.1 Å². The van der Waals surface area contributed by atoms with Gasteiger partial charge in [-0.3, -0.25) is 4.79 Å². The fourth-order valence-electron chi connectivity index (χ4n) is 3.14. The highest BCUT2D eigenvalue weighted by Crippen LogP contribution is 2.30. The molecule has 3 rings (SSSR count). The van der Waals surface area contributed by atoms with Crippen LogP contribution in [0.3, 0.4) is 0 Å². The van der Waals surface area contributed by atoms with Crippen molar-refractivity contribution in [3.8, 4) is 5.75 Å². The minimum absolute atomic E-state index is 0.0327. The number of carbonyl (C=O) groups excluding carboxylic acids is 1. The molecule has 0 spiro atoms. The quantitative estimate of drug-likeness (QED) is 0.822. The van der Waals surface area contributed by atoms with Gasteiger partial charge in [0.1, 0.15) is 22.3 Å². The average Bonchev–Trinajstić information content (AvgIpc) is 2.69. The van der Waals surface area contributed by atoms with Gasteiger partial charge in [-0.05, 0) is 55.3 Å². The second-order valence-electron chi connectivity index (χ2n) is 6.49. The van der Waals surface area contributed by atoms with Gasteiger partial charge in [-0.15, -0.1) is 0 Å². The monoisotopic (exact) mass is 410 g/mol. The molecule has 9 heteroatoms. The maximum absolute atomic E-state index is 13.6. The van der Waals surface area contributed by atoms with Gasteiger partial charge in [0.2, 0.25) is 15.9 Å². The number of nitrogens with zero attached hydrogens (tertiary/aromatic N) is 1. The van der Waals surface area contributed by atoms with Crippen LogP contribution in [0.15, 0.2) is 47.4 Å². The van der Waals surface area contributed by atoms with Gasteiger partial charge in [0.25, 0.3) is 0 Å². The van der Waals surface area contributed by atoms with Gasteiger partial charge in [-0.1, -0.05) is 0 Å². The van der Waals surface area contributed by atoms with Crippen molar-refractivity contribution in [3.63, 3.8) is 0 Å². The van der Waals surface area contributed by atoms with Gasteiger partial charge >= 0.3 is 0 Å². The molecular formula is C19H20F2N2O4S. The summed E-state index contributed by atoms with van der Waals surface area (Å²) in [4.78, 5) is 12.3. The first kappa shape index (κ1) is 20.2. The lowest BCUT2D eigenvalue weighted by Gasteiger charge is -2.31. The fraction of sp³-hybridized carbons (Fsp3) is 0.316. The van der Waals surface area contributed by atoms with Crippen molar-refractivity contribution in [1.82, 2.24) is 4.31 Å². The molecule has 1 N–H and O–H groups in total. The van der Waals surface area contributed by atoms with Crippen molar-refractivity contribution in [2.75, 3.05) is 25.5 Å². The van der Waals surface area contributed by atoms with E-state index in [1.54, 1.807) is 0 Å². The van der Waals surface area contributed by atoms with Gasteiger partial charge in [0.05, 0.1) is 13.0 Å².